The molecule has 0 aromatic heterocycles. The molecule has 0 radical (unpaired) electrons. The van der Waals surface area contributed by atoms with Crippen LogP contribution in [0, 0.1) is 11.8 Å². The van der Waals surface area contributed by atoms with Crippen molar-refractivity contribution in [2.75, 3.05) is 39.8 Å². The van der Waals surface area contributed by atoms with Gasteiger partial charge in [0.15, 0.2) is 0 Å². The molecule has 1 saturated heterocycles. The summed E-state index contributed by atoms with van der Waals surface area (Å²) in [6.45, 7) is 5.17. The van der Waals surface area contributed by atoms with Gasteiger partial charge in [0, 0.05) is 56.6 Å². The summed E-state index contributed by atoms with van der Waals surface area (Å²) < 4.78 is 0. The first kappa shape index (κ1) is 25.1. The van der Waals surface area contributed by atoms with Gasteiger partial charge in [-0.1, -0.05) is 38.5 Å². The maximum absolute atomic E-state index is 13.9. The number of piperazine rings is 1. The van der Waals surface area contributed by atoms with E-state index in [0.29, 0.717) is 17.7 Å². The number of likely N-dealkylation sites (N-methyl/N-ethyl adjacent to an activating group) is 1. The normalized spacial score (nSPS) is 33.2. The van der Waals surface area contributed by atoms with Gasteiger partial charge < -0.3 is 4.90 Å². The molecule has 4 nitrogen and oxygen atoms in total. The molecular formula is C26H45Cl2N3O. The molecule has 1 aliphatic heterocycles. The van der Waals surface area contributed by atoms with Gasteiger partial charge in [0.1, 0.15) is 0 Å². The van der Waals surface area contributed by atoms with Crippen LogP contribution >= 0.6 is 23.2 Å². The third-order valence-electron chi connectivity index (χ3n) is 8.78. The number of halogens is 2. The highest BCUT2D eigenvalue weighted by Crippen LogP contribution is 2.34. The predicted molar refractivity (Wildman–Crippen MR) is 135 cm³/mol. The number of carbonyl (C=O) groups excluding carboxylic acids is 1. The smallest absolute Gasteiger partial charge is 0.239 e. The van der Waals surface area contributed by atoms with Crippen molar-refractivity contribution in [1.82, 2.24) is 14.7 Å². The van der Waals surface area contributed by atoms with Crippen molar-refractivity contribution in [2.24, 2.45) is 11.8 Å². The summed E-state index contributed by atoms with van der Waals surface area (Å²) in [7, 11) is 2.03. The summed E-state index contributed by atoms with van der Waals surface area (Å²) in [5.41, 5.74) is 0. The van der Waals surface area contributed by atoms with Crippen LogP contribution in [0.25, 0.3) is 0 Å². The second-order valence-electron chi connectivity index (χ2n) is 11.2. The van der Waals surface area contributed by atoms with Crippen molar-refractivity contribution in [2.45, 2.75) is 106 Å². The lowest BCUT2D eigenvalue weighted by molar-refractivity contribution is -0.140. The van der Waals surface area contributed by atoms with Crippen LogP contribution in [-0.4, -0.2) is 83.2 Å². The minimum absolute atomic E-state index is 0.0657. The zero-order valence-electron chi connectivity index (χ0n) is 20.2. The molecule has 32 heavy (non-hydrogen) atoms. The predicted octanol–water partition coefficient (Wildman–Crippen LogP) is 5.36. The van der Waals surface area contributed by atoms with Crippen molar-refractivity contribution in [3.63, 3.8) is 0 Å². The fourth-order valence-electron chi connectivity index (χ4n) is 7.07. The quantitative estimate of drug-likeness (QED) is 0.473. The fourth-order valence-corrected chi connectivity index (χ4v) is 8.10. The number of nitrogens with zero attached hydrogens (tertiary/aromatic N) is 3. The minimum Gasteiger partial charge on any atom is -0.344 e. The van der Waals surface area contributed by atoms with Gasteiger partial charge in [0.05, 0.1) is 6.04 Å². The van der Waals surface area contributed by atoms with Crippen LogP contribution in [-0.2, 0) is 4.79 Å². The van der Waals surface area contributed by atoms with E-state index in [2.05, 4.69) is 9.80 Å². The Balaban J connectivity index is 1.38. The van der Waals surface area contributed by atoms with Gasteiger partial charge >= 0.3 is 0 Å². The second-order valence-corrected chi connectivity index (χ2v) is 12.4. The summed E-state index contributed by atoms with van der Waals surface area (Å²) in [6, 6.07) is 0.853. The molecule has 3 saturated carbocycles. The number of alkyl halides is 2. The number of hydrogen-bond donors (Lipinski definition) is 0. The summed E-state index contributed by atoms with van der Waals surface area (Å²) >= 11 is 12.9. The summed E-state index contributed by atoms with van der Waals surface area (Å²) in [5, 5.41) is 0.309. The Kier molecular flexibility index (Phi) is 9.47. The standard InChI is InChI=1S/C26H45Cl2N3O/c1-29(19-20-16-22(27)18-23(28)17-20)26(32)25(21-8-4-2-5-9-21)31-14-12-30(13-15-31)24-10-6-3-7-11-24/h20-25H,2-19H2,1H3. The monoisotopic (exact) mass is 485 g/mol. The maximum atomic E-state index is 13.9. The molecule has 3 aliphatic carbocycles. The Morgan fingerprint density at radius 3 is 2.00 bits per heavy atom. The van der Waals surface area contributed by atoms with Crippen molar-refractivity contribution in [3.8, 4) is 0 Å². The molecule has 0 spiro atoms. The second kappa shape index (κ2) is 12.1. The molecule has 1 heterocycles. The molecule has 3 unspecified atom stereocenters. The van der Waals surface area contributed by atoms with Crippen molar-refractivity contribution in [3.05, 3.63) is 0 Å². The Morgan fingerprint density at radius 2 is 1.41 bits per heavy atom. The zero-order chi connectivity index (χ0) is 22.5. The molecule has 1 amide bonds. The first-order chi connectivity index (χ1) is 15.5. The minimum atomic E-state index is 0.0657. The molecule has 0 aromatic rings. The largest absolute Gasteiger partial charge is 0.344 e. The molecule has 4 aliphatic rings. The third kappa shape index (κ3) is 6.55. The van der Waals surface area contributed by atoms with Gasteiger partial charge in [-0.2, -0.15) is 0 Å². The van der Waals surface area contributed by atoms with Gasteiger partial charge in [-0.3, -0.25) is 14.6 Å². The molecule has 3 atom stereocenters. The summed E-state index contributed by atoms with van der Waals surface area (Å²) in [4.78, 5) is 21.2. The Bertz CT molecular complexity index is 576. The van der Waals surface area contributed by atoms with Crippen molar-refractivity contribution >= 4 is 29.1 Å². The Labute approximate surface area is 206 Å². The van der Waals surface area contributed by atoms with Gasteiger partial charge in [-0.15, -0.1) is 23.2 Å². The molecular weight excluding hydrogens is 441 g/mol. The molecule has 4 fully saturated rings. The highest BCUT2D eigenvalue weighted by Gasteiger charge is 2.39. The molecule has 184 valence electrons. The van der Waals surface area contributed by atoms with E-state index in [-0.39, 0.29) is 16.8 Å². The highest BCUT2D eigenvalue weighted by atomic mass is 35.5. The molecule has 0 bridgehead atoms. The van der Waals surface area contributed by atoms with Crippen molar-refractivity contribution in [1.29, 1.82) is 0 Å². The Morgan fingerprint density at radius 1 is 0.844 bits per heavy atom. The molecule has 6 heteroatoms. The number of hydrogen-bond acceptors (Lipinski definition) is 3. The van der Waals surface area contributed by atoms with E-state index < -0.39 is 0 Å². The SMILES string of the molecule is CN(CC1CC(Cl)CC(Cl)C1)C(=O)C(C1CCCCC1)N1CCN(C2CCCCC2)CC1. The van der Waals surface area contributed by atoms with Gasteiger partial charge in [-0.05, 0) is 56.8 Å². The number of rotatable bonds is 6. The van der Waals surface area contributed by atoms with Crippen LogP contribution < -0.4 is 0 Å². The maximum Gasteiger partial charge on any atom is 0.239 e. The third-order valence-corrected chi connectivity index (χ3v) is 9.49. The lowest BCUT2D eigenvalue weighted by atomic mass is 9.82. The van der Waals surface area contributed by atoms with Crippen LogP contribution in [0.4, 0.5) is 0 Å². The van der Waals surface area contributed by atoms with E-state index in [1.54, 1.807) is 0 Å². The Hall–Kier alpha value is -0.0300. The highest BCUT2D eigenvalue weighted by molar-refractivity contribution is 6.23. The zero-order valence-corrected chi connectivity index (χ0v) is 21.7. The van der Waals surface area contributed by atoms with E-state index >= 15 is 0 Å². The first-order valence-electron chi connectivity index (χ1n) is 13.5. The van der Waals surface area contributed by atoms with Crippen LogP contribution in [0.15, 0.2) is 0 Å². The first-order valence-corrected chi connectivity index (χ1v) is 14.4. The lowest BCUT2D eigenvalue weighted by Gasteiger charge is -2.46. The summed E-state index contributed by atoms with van der Waals surface area (Å²) in [6.07, 6.45) is 16.1. The average molecular weight is 487 g/mol. The topological polar surface area (TPSA) is 26.8 Å². The lowest BCUT2D eigenvalue weighted by Crippen LogP contribution is -2.59. The van der Waals surface area contributed by atoms with E-state index in [1.807, 2.05) is 11.9 Å². The number of carbonyl (C=O) groups is 1. The molecule has 4 rings (SSSR count). The molecule has 0 N–H and O–H groups in total. The van der Waals surface area contributed by atoms with Gasteiger partial charge in [0.2, 0.25) is 5.91 Å². The number of amides is 1. The van der Waals surface area contributed by atoms with Gasteiger partial charge in [-0.25, -0.2) is 0 Å². The average Bonchev–Trinajstić information content (AvgIpc) is 2.80. The van der Waals surface area contributed by atoms with Crippen LogP contribution in [0.5, 0.6) is 0 Å². The molecule has 0 aromatic carbocycles. The van der Waals surface area contributed by atoms with Crippen LogP contribution in [0.3, 0.4) is 0 Å². The van der Waals surface area contributed by atoms with E-state index in [9.17, 15) is 4.79 Å². The van der Waals surface area contributed by atoms with Gasteiger partial charge in [0.25, 0.3) is 0 Å². The van der Waals surface area contributed by atoms with Crippen LogP contribution in [0.2, 0.25) is 0 Å². The van der Waals surface area contributed by atoms with E-state index in [4.69, 9.17) is 23.2 Å². The van der Waals surface area contributed by atoms with E-state index in [0.717, 1.165) is 58.0 Å². The summed E-state index contributed by atoms with van der Waals surface area (Å²) in [5.74, 6) is 1.30. The fraction of sp³-hybridized carbons (Fsp3) is 0.962. The van der Waals surface area contributed by atoms with Crippen molar-refractivity contribution < 1.29 is 4.79 Å². The van der Waals surface area contributed by atoms with Crippen LogP contribution in [0.1, 0.15) is 83.5 Å². The van der Waals surface area contributed by atoms with E-state index in [1.165, 1.54) is 64.2 Å².